The number of hydrogen-bond acceptors (Lipinski definition) is 4. The Kier molecular flexibility index (Phi) is 3.76. The van der Waals surface area contributed by atoms with Gasteiger partial charge in [-0.2, -0.15) is 0 Å². The summed E-state index contributed by atoms with van der Waals surface area (Å²) < 4.78 is 0. The van der Waals surface area contributed by atoms with Crippen molar-refractivity contribution in [1.82, 2.24) is 0 Å². The van der Waals surface area contributed by atoms with E-state index in [4.69, 9.17) is 10.2 Å². The minimum Gasteiger partial charge on any atom is -0.396 e. The molecule has 0 atom stereocenters. The molecular formula is C10H13NO4. The molecule has 1 aromatic carbocycles. The van der Waals surface area contributed by atoms with Gasteiger partial charge >= 0.3 is 0 Å². The van der Waals surface area contributed by atoms with Crippen molar-refractivity contribution < 1.29 is 15.1 Å². The normalized spacial score (nSPS) is 10.3. The zero-order valence-corrected chi connectivity index (χ0v) is 8.43. The summed E-state index contributed by atoms with van der Waals surface area (Å²) in [5, 5.41) is 28.5. The molecule has 0 radical (unpaired) electrons. The molecule has 2 N–H and O–H groups in total. The molecule has 5 nitrogen and oxygen atoms in total. The predicted octanol–water partition coefficient (Wildman–Crippen LogP) is 0.930. The van der Waals surface area contributed by atoms with E-state index < -0.39 is 4.92 Å². The van der Waals surface area contributed by atoms with Crippen molar-refractivity contribution in [3.05, 3.63) is 38.9 Å². The van der Waals surface area contributed by atoms with Crippen molar-refractivity contribution in [3.63, 3.8) is 0 Å². The fourth-order valence-electron chi connectivity index (χ4n) is 1.50. The van der Waals surface area contributed by atoms with Crippen LogP contribution in [0.1, 0.15) is 16.7 Å². The van der Waals surface area contributed by atoms with E-state index in [1.165, 1.54) is 6.07 Å². The Labute approximate surface area is 87.1 Å². The summed E-state index contributed by atoms with van der Waals surface area (Å²) in [6.07, 6.45) is 0.316. The first kappa shape index (κ1) is 11.6. The van der Waals surface area contributed by atoms with Gasteiger partial charge in [0, 0.05) is 18.2 Å². The van der Waals surface area contributed by atoms with E-state index in [0.29, 0.717) is 23.1 Å². The highest BCUT2D eigenvalue weighted by Crippen LogP contribution is 2.23. The smallest absolute Gasteiger partial charge is 0.272 e. The first-order chi connectivity index (χ1) is 7.10. The standard InChI is InChI=1S/C10H13NO4/c1-7-4-9(6-13)8(2-3-12)5-10(7)11(14)15/h4-5,12-13H,2-3,6H2,1H3. The Morgan fingerprint density at radius 2 is 2.00 bits per heavy atom. The zero-order valence-electron chi connectivity index (χ0n) is 8.43. The number of rotatable bonds is 4. The summed E-state index contributed by atoms with van der Waals surface area (Å²) in [7, 11) is 0. The van der Waals surface area contributed by atoms with E-state index in [2.05, 4.69) is 0 Å². The third kappa shape index (κ3) is 2.51. The van der Waals surface area contributed by atoms with Gasteiger partial charge in [0.25, 0.3) is 5.69 Å². The van der Waals surface area contributed by atoms with Crippen molar-refractivity contribution in [3.8, 4) is 0 Å². The van der Waals surface area contributed by atoms with Gasteiger partial charge in [0.2, 0.25) is 0 Å². The van der Waals surface area contributed by atoms with Crippen molar-refractivity contribution in [2.75, 3.05) is 6.61 Å². The Bertz CT molecular complexity index is 376. The zero-order chi connectivity index (χ0) is 11.4. The first-order valence-corrected chi connectivity index (χ1v) is 4.58. The lowest BCUT2D eigenvalue weighted by atomic mass is 10.0. The Hall–Kier alpha value is -1.46. The topological polar surface area (TPSA) is 83.6 Å². The number of nitro groups is 1. The van der Waals surface area contributed by atoms with E-state index in [-0.39, 0.29) is 18.9 Å². The monoisotopic (exact) mass is 211 g/mol. The molecule has 0 fully saturated rings. The summed E-state index contributed by atoms with van der Waals surface area (Å²) in [5.74, 6) is 0. The van der Waals surface area contributed by atoms with Crippen LogP contribution in [0.4, 0.5) is 5.69 Å². The van der Waals surface area contributed by atoms with Gasteiger partial charge in [-0.3, -0.25) is 10.1 Å². The average Bonchev–Trinajstić information content (AvgIpc) is 2.20. The fraction of sp³-hybridized carbons (Fsp3) is 0.400. The largest absolute Gasteiger partial charge is 0.396 e. The molecule has 15 heavy (non-hydrogen) atoms. The molecule has 1 aromatic rings. The van der Waals surface area contributed by atoms with Crippen molar-refractivity contribution >= 4 is 5.69 Å². The van der Waals surface area contributed by atoms with Gasteiger partial charge < -0.3 is 10.2 Å². The van der Waals surface area contributed by atoms with Crippen LogP contribution in [-0.4, -0.2) is 21.7 Å². The lowest BCUT2D eigenvalue weighted by Crippen LogP contribution is -2.01. The first-order valence-electron chi connectivity index (χ1n) is 4.58. The lowest BCUT2D eigenvalue weighted by Gasteiger charge is -2.07. The molecule has 1 rings (SSSR count). The molecule has 0 bridgehead atoms. The summed E-state index contributed by atoms with van der Waals surface area (Å²) in [6, 6.07) is 3.00. The van der Waals surface area contributed by atoms with Gasteiger partial charge in [-0.25, -0.2) is 0 Å². The highest BCUT2D eigenvalue weighted by atomic mass is 16.6. The lowest BCUT2D eigenvalue weighted by molar-refractivity contribution is -0.385. The second kappa shape index (κ2) is 4.86. The molecular weight excluding hydrogens is 198 g/mol. The van der Waals surface area contributed by atoms with E-state index in [9.17, 15) is 10.1 Å². The minimum absolute atomic E-state index is 0.0238. The van der Waals surface area contributed by atoms with Gasteiger partial charge in [0.05, 0.1) is 11.5 Å². The molecule has 0 aliphatic heterocycles. The maximum absolute atomic E-state index is 10.7. The highest BCUT2D eigenvalue weighted by Gasteiger charge is 2.14. The van der Waals surface area contributed by atoms with Crippen LogP contribution in [-0.2, 0) is 13.0 Å². The highest BCUT2D eigenvalue weighted by molar-refractivity contribution is 5.46. The number of aliphatic hydroxyl groups is 2. The second-order valence-corrected chi connectivity index (χ2v) is 3.30. The molecule has 0 saturated carbocycles. The minimum atomic E-state index is -0.461. The van der Waals surface area contributed by atoms with Gasteiger partial charge in [-0.05, 0) is 30.5 Å². The summed E-state index contributed by atoms with van der Waals surface area (Å²) in [6.45, 7) is 1.36. The number of benzene rings is 1. The van der Waals surface area contributed by atoms with Crippen LogP contribution < -0.4 is 0 Å². The second-order valence-electron chi connectivity index (χ2n) is 3.30. The van der Waals surface area contributed by atoms with Gasteiger partial charge in [-0.15, -0.1) is 0 Å². The average molecular weight is 211 g/mol. The van der Waals surface area contributed by atoms with Crippen molar-refractivity contribution in [2.24, 2.45) is 0 Å². The van der Waals surface area contributed by atoms with Crippen molar-refractivity contribution in [2.45, 2.75) is 20.0 Å². The van der Waals surface area contributed by atoms with Gasteiger partial charge in [-0.1, -0.05) is 0 Å². The molecule has 0 aliphatic rings. The molecule has 82 valence electrons. The van der Waals surface area contributed by atoms with Crippen LogP contribution in [0, 0.1) is 17.0 Å². The van der Waals surface area contributed by atoms with Crippen LogP contribution in [0.3, 0.4) is 0 Å². The van der Waals surface area contributed by atoms with Crippen LogP contribution >= 0.6 is 0 Å². The third-order valence-corrected chi connectivity index (χ3v) is 2.27. The third-order valence-electron chi connectivity index (χ3n) is 2.27. The molecule has 0 aromatic heterocycles. The van der Waals surface area contributed by atoms with Crippen LogP contribution in [0.15, 0.2) is 12.1 Å². The SMILES string of the molecule is Cc1cc(CO)c(CCO)cc1[N+](=O)[O-]. The molecule has 0 unspecified atom stereocenters. The van der Waals surface area contributed by atoms with Crippen molar-refractivity contribution in [1.29, 1.82) is 0 Å². The number of nitro benzene ring substituents is 1. The van der Waals surface area contributed by atoms with Crippen LogP contribution in [0.5, 0.6) is 0 Å². The molecule has 0 saturated heterocycles. The van der Waals surface area contributed by atoms with E-state index in [0.717, 1.165) is 0 Å². The number of aryl methyl sites for hydroxylation is 1. The Balaban J connectivity index is 3.23. The summed E-state index contributed by atoms with van der Waals surface area (Å²) in [4.78, 5) is 10.2. The van der Waals surface area contributed by atoms with E-state index in [1.807, 2.05) is 0 Å². The predicted molar refractivity (Wildman–Crippen MR) is 54.5 cm³/mol. The quantitative estimate of drug-likeness (QED) is 0.573. The molecule has 0 heterocycles. The maximum atomic E-state index is 10.7. The van der Waals surface area contributed by atoms with Crippen LogP contribution in [0.25, 0.3) is 0 Å². The molecule has 0 aliphatic carbocycles. The number of aliphatic hydroxyl groups excluding tert-OH is 2. The molecule has 0 spiro atoms. The summed E-state index contributed by atoms with van der Waals surface area (Å²) in [5.41, 5.74) is 1.80. The van der Waals surface area contributed by atoms with Gasteiger partial charge in [0.1, 0.15) is 0 Å². The van der Waals surface area contributed by atoms with E-state index >= 15 is 0 Å². The molecule has 5 heteroatoms. The maximum Gasteiger partial charge on any atom is 0.272 e. The number of hydrogen-bond donors (Lipinski definition) is 2. The van der Waals surface area contributed by atoms with E-state index in [1.54, 1.807) is 13.0 Å². The number of nitrogens with zero attached hydrogens (tertiary/aromatic N) is 1. The Morgan fingerprint density at radius 1 is 1.33 bits per heavy atom. The van der Waals surface area contributed by atoms with Crippen LogP contribution in [0.2, 0.25) is 0 Å². The van der Waals surface area contributed by atoms with Gasteiger partial charge in [0.15, 0.2) is 0 Å². The fourth-order valence-corrected chi connectivity index (χ4v) is 1.50. The molecule has 0 amide bonds. The summed E-state index contributed by atoms with van der Waals surface area (Å²) >= 11 is 0. The Morgan fingerprint density at radius 3 is 2.47 bits per heavy atom.